The minimum absolute atomic E-state index is 0.0579. The van der Waals surface area contributed by atoms with Gasteiger partial charge in [-0.05, 0) is 66.8 Å². The first kappa shape index (κ1) is 19.0. The molecule has 3 aromatic carbocycles. The second kappa shape index (κ2) is 7.98. The Hall–Kier alpha value is -3.29. The largest absolute Gasteiger partial charge is 0.436 e. The lowest BCUT2D eigenvalue weighted by atomic mass is 10.2. The fourth-order valence-electron chi connectivity index (χ4n) is 2.70. The van der Waals surface area contributed by atoms with Crippen molar-refractivity contribution < 1.29 is 13.6 Å². The number of nitrogens with one attached hydrogen (secondary N) is 2. The van der Waals surface area contributed by atoms with Gasteiger partial charge in [-0.15, -0.1) is 0 Å². The average Bonchev–Trinajstić information content (AvgIpc) is 3.12. The highest BCUT2D eigenvalue weighted by atomic mass is 35.5. The monoisotopic (exact) mass is 425 g/mol. The van der Waals surface area contributed by atoms with E-state index in [0.717, 1.165) is 5.56 Å². The quantitative estimate of drug-likeness (QED) is 0.429. The number of hydrogen-bond acceptors (Lipinski definition) is 4. The maximum Gasteiger partial charge on any atom is 0.260 e. The SMILES string of the molecule is O=C(NC(=S)Nc1ccc(-c2nc3cc(Cl)ccc3o2)cc1)c1ccccc1F. The van der Waals surface area contributed by atoms with E-state index in [0.29, 0.717) is 27.7 Å². The van der Waals surface area contributed by atoms with Gasteiger partial charge in [0.1, 0.15) is 11.3 Å². The Morgan fingerprint density at radius 2 is 1.83 bits per heavy atom. The average molecular weight is 426 g/mol. The number of amides is 1. The van der Waals surface area contributed by atoms with E-state index in [1.165, 1.54) is 18.2 Å². The first-order valence-corrected chi connectivity index (χ1v) is 9.31. The van der Waals surface area contributed by atoms with Crippen LogP contribution in [0.4, 0.5) is 10.1 Å². The topological polar surface area (TPSA) is 67.2 Å². The molecule has 144 valence electrons. The van der Waals surface area contributed by atoms with Gasteiger partial charge in [0.05, 0.1) is 5.56 Å². The standard InChI is InChI=1S/C21H13ClFN3O2S/c22-13-7-10-18-17(11-13)25-20(28-18)12-5-8-14(9-6-12)24-21(29)26-19(27)15-3-1-2-4-16(15)23/h1-11H,(H2,24,26,27,29). The Bertz CT molecular complexity index is 1220. The normalized spacial score (nSPS) is 10.7. The molecule has 0 unspecified atom stereocenters. The summed E-state index contributed by atoms with van der Waals surface area (Å²) in [5, 5.41) is 5.98. The number of benzene rings is 3. The molecule has 1 aromatic heterocycles. The summed E-state index contributed by atoms with van der Waals surface area (Å²) in [5.74, 6) is -0.775. The number of rotatable bonds is 3. The molecule has 1 heterocycles. The fourth-order valence-corrected chi connectivity index (χ4v) is 3.08. The maximum absolute atomic E-state index is 13.7. The summed E-state index contributed by atoms with van der Waals surface area (Å²) in [7, 11) is 0. The van der Waals surface area contributed by atoms with Gasteiger partial charge in [-0.2, -0.15) is 0 Å². The third kappa shape index (κ3) is 4.26. The van der Waals surface area contributed by atoms with E-state index in [-0.39, 0.29) is 10.7 Å². The number of hydrogen-bond donors (Lipinski definition) is 2. The van der Waals surface area contributed by atoms with Crippen LogP contribution in [0.2, 0.25) is 5.02 Å². The van der Waals surface area contributed by atoms with Gasteiger partial charge in [0.2, 0.25) is 5.89 Å². The third-order valence-electron chi connectivity index (χ3n) is 4.08. The first-order valence-electron chi connectivity index (χ1n) is 8.53. The van der Waals surface area contributed by atoms with Crippen LogP contribution in [0.5, 0.6) is 0 Å². The molecular formula is C21H13ClFN3O2S. The lowest BCUT2D eigenvalue weighted by molar-refractivity contribution is 0.0974. The molecule has 0 spiro atoms. The van der Waals surface area contributed by atoms with Crippen LogP contribution in [-0.2, 0) is 0 Å². The molecule has 0 bridgehead atoms. The van der Waals surface area contributed by atoms with Crippen molar-refractivity contribution in [1.82, 2.24) is 10.3 Å². The van der Waals surface area contributed by atoms with Gasteiger partial charge in [0.25, 0.3) is 5.91 Å². The highest BCUT2D eigenvalue weighted by Gasteiger charge is 2.13. The van der Waals surface area contributed by atoms with E-state index in [1.54, 1.807) is 48.5 Å². The van der Waals surface area contributed by atoms with Crippen LogP contribution in [0.3, 0.4) is 0 Å². The van der Waals surface area contributed by atoms with E-state index in [1.807, 2.05) is 0 Å². The minimum atomic E-state index is -0.623. The van der Waals surface area contributed by atoms with E-state index in [2.05, 4.69) is 15.6 Å². The van der Waals surface area contributed by atoms with Crippen molar-refractivity contribution in [2.24, 2.45) is 0 Å². The predicted octanol–water partition coefficient (Wildman–Crippen LogP) is 5.41. The van der Waals surface area contributed by atoms with Gasteiger partial charge < -0.3 is 9.73 Å². The Kier molecular flexibility index (Phi) is 5.24. The zero-order valence-corrected chi connectivity index (χ0v) is 16.4. The van der Waals surface area contributed by atoms with Crippen molar-refractivity contribution in [3.05, 3.63) is 83.1 Å². The number of thiocarbonyl (C=S) groups is 1. The Balaban J connectivity index is 1.44. The highest BCUT2D eigenvalue weighted by molar-refractivity contribution is 7.80. The number of carbonyl (C=O) groups is 1. The number of anilines is 1. The summed E-state index contributed by atoms with van der Waals surface area (Å²) in [4.78, 5) is 16.5. The summed E-state index contributed by atoms with van der Waals surface area (Å²) in [5.41, 5.74) is 2.65. The van der Waals surface area contributed by atoms with E-state index < -0.39 is 11.7 Å². The van der Waals surface area contributed by atoms with Gasteiger partial charge in [-0.25, -0.2) is 9.37 Å². The molecule has 0 aliphatic rings. The van der Waals surface area contributed by atoms with Crippen LogP contribution in [0, 0.1) is 5.82 Å². The molecule has 1 amide bonds. The molecule has 0 saturated carbocycles. The molecule has 0 aliphatic carbocycles. The third-order valence-corrected chi connectivity index (χ3v) is 4.52. The van der Waals surface area contributed by atoms with Crippen LogP contribution in [0.25, 0.3) is 22.6 Å². The highest BCUT2D eigenvalue weighted by Crippen LogP contribution is 2.27. The van der Waals surface area contributed by atoms with Gasteiger partial charge >= 0.3 is 0 Å². The minimum Gasteiger partial charge on any atom is -0.436 e. The van der Waals surface area contributed by atoms with Crippen LogP contribution < -0.4 is 10.6 Å². The summed E-state index contributed by atoms with van der Waals surface area (Å²) >= 11 is 11.1. The van der Waals surface area contributed by atoms with E-state index >= 15 is 0 Å². The smallest absolute Gasteiger partial charge is 0.260 e. The van der Waals surface area contributed by atoms with Gasteiger partial charge in [-0.1, -0.05) is 23.7 Å². The Labute approximate surface area is 175 Å². The lowest BCUT2D eigenvalue weighted by Gasteiger charge is -2.10. The first-order chi connectivity index (χ1) is 14.0. The number of nitrogens with zero attached hydrogens (tertiary/aromatic N) is 1. The lowest BCUT2D eigenvalue weighted by Crippen LogP contribution is -2.34. The molecular weight excluding hydrogens is 413 g/mol. The van der Waals surface area contributed by atoms with Crippen LogP contribution >= 0.6 is 23.8 Å². The zero-order chi connectivity index (χ0) is 20.4. The summed E-state index contributed by atoms with van der Waals surface area (Å²) < 4.78 is 19.4. The molecule has 0 radical (unpaired) electrons. The van der Waals surface area contributed by atoms with E-state index in [4.69, 9.17) is 28.2 Å². The van der Waals surface area contributed by atoms with Crippen LogP contribution in [0.15, 0.2) is 71.1 Å². The van der Waals surface area contributed by atoms with Crippen molar-refractivity contribution >= 4 is 51.6 Å². The number of fused-ring (bicyclic) bond motifs is 1. The summed E-state index contributed by atoms with van der Waals surface area (Å²) in [6, 6.07) is 18.0. The maximum atomic E-state index is 13.7. The number of aromatic nitrogens is 1. The van der Waals surface area contributed by atoms with Crippen molar-refractivity contribution in [1.29, 1.82) is 0 Å². The van der Waals surface area contributed by atoms with Crippen molar-refractivity contribution in [2.45, 2.75) is 0 Å². The van der Waals surface area contributed by atoms with Crippen molar-refractivity contribution in [3.8, 4) is 11.5 Å². The molecule has 4 aromatic rings. The molecule has 4 rings (SSSR count). The molecule has 0 atom stereocenters. The molecule has 29 heavy (non-hydrogen) atoms. The molecule has 2 N–H and O–H groups in total. The Morgan fingerprint density at radius 1 is 1.07 bits per heavy atom. The predicted molar refractivity (Wildman–Crippen MR) is 115 cm³/mol. The van der Waals surface area contributed by atoms with Gasteiger partial charge in [-0.3, -0.25) is 10.1 Å². The zero-order valence-electron chi connectivity index (χ0n) is 14.8. The number of oxazole rings is 1. The van der Waals surface area contributed by atoms with Crippen LogP contribution in [-0.4, -0.2) is 16.0 Å². The number of carbonyl (C=O) groups excluding carboxylic acids is 1. The second-order valence-electron chi connectivity index (χ2n) is 6.10. The van der Waals surface area contributed by atoms with Gasteiger partial charge in [0.15, 0.2) is 10.7 Å². The molecule has 0 aliphatic heterocycles. The summed E-state index contributed by atoms with van der Waals surface area (Å²) in [6.45, 7) is 0. The van der Waals surface area contributed by atoms with Gasteiger partial charge in [0, 0.05) is 16.3 Å². The number of halogens is 2. The van der Waals surface area contributed by atoms with Crippen LogP contribution in [0.1, 0.15) is 10.4 Å². The molecule has 8 heteroatoms. The Morgan fingerprint density at radius 3 is 2.59 bits per heavy atom. The van der Waals surface area contributed by atoms with Crippen molar-refractivity contribution in [2.75, 3.05) is 5.32 Å². The molecule has 0 fully saturated rings. The summed E-state index contributed by atoms with van der Waals surface area (Å²) in [6.07, 6.45) is 0. The van der Waals surface area contributed by atoms with E-state index in [9.17, 15) is 9.18 Å². The molecule has 0 saturated heterocycles. The fraction of sp³-hybridized carbons (Fsp3) is 0. The van der Waals surface area contributed by atoms with Crippen molar-refractivity contribution in [3.63, 3.8) is 0 Å². The molecule has 5 nitrogen and oxygen atoms in total. The second-order valence-corrected chi connectivity index (χ2v) is 6.94.